The highest BCUT2D eigenvalue weighted by atomic mass is 16.5. The molecule has 0 aliphatic heterocycles. The molecule has 10 nitrogen and oxygen atoms in total. The summed E-state index contributed by atoms with van der Waals surface area (Å²) >= 11 is 0. The number of benzene rings is 1. The summed E-state index contributed by atoms with van der Waals surface area (Å²) in [5.74, 6) is 0.978. The number of methoxy groups -OCH3 is 1. The second-order valence-electron chi connectivity index (χ2n) is 7.06. The second-order valence-corrected chi connectivity index (χ2v) is 7.06. The largest absolute Gasteiger partial charge is 0.494 e. The molecule has 0 saturated heterocycles. The molecule has 0 radical (unpaired) electrons. The summed E-state index contributed by atoms with van der Waals surface area (Å²) in [6.45, 7) is 1.41. The van der Waals surface area contributed by atoms with E-state index in [9.17, 15) is 9.59 Å². The van der Waals surface area contributed by atoms with Crippen molar-refractivity contribution in [1.29, 1.82) is 0 Å². The van der Waals surface area contributed by atoms with Gasteiger partial charge in [0, 0.05) is 26.0 Å². The number of para-hydroxylation sites is 1. The summed E-state index contributed by atoms with van der Waals surface area (Å²) in [6, 6.07) is 7.07. The van der Waals surface area contributed by atoms with Gasteiger partial charge in [0.25, 0.3) is 0 Å². The molecule has 0 unspecified atom stereocenters. The van der Waals surface area contributed by atoms with Gasteiger partial charge >= 0.3 is 0 Å². The van der Waals surface area contributed by atoms with E-state index in [1.807, 2.05) is 12.1 Å². The van der Waals surface area contributed by atoms with Crippen molar-refractivity contribution in [3.8, 4) is 17.1 Å². The molecule has 10 heteroatoms. The molecule has 2 aromatic heterocycles. The fraction of sp³-hybridized carbons (Fsp3) is 0.300. The molecular formula is C20H21N7O3. The van der Waals surface area contributed by atoms with Gasteiger partial charge in [-0.2, -0.15) is 5.10 Å². The van der Waals surface area contributed by atoms with Crippen molar-refractivity contribution in [3.63, 3.8) is 0 Å². The number of anilines is 3. The Bertz CT molecular complexity index is 1120. The zero-order valence-electron chi connectivity index (χ0n) is 16.8. The van der Waals surface area contributed by atoms with Gasteiger partial charge in [-0.1, -0.05) is 6.07 Å². The Morgan fingerprint density at radius 1 is 1.20 bits per heavy atom. The normalized spacial score (nSPS) is 13.0. The van der Waals surface area contributed by atoms with E-state index in [0.29, 0.717) is 28.5 Å². The molecule has 154 valence electrons. The maximum atomic E-state index is 12.1. The quantitative estimate of drug-likeness (QED) is 0.573. The van der Waals surface area contributed by atoms with Crippen molar-refractivity contribution < 1.29 is 14.3 Å². The van der Waals surface area contributed by atoms with Crippen LogP contribution < -0.4 is 15.4 Å². The number of nitrogens with zero attached hydrogens (tertiary/aromatic N) is 5. The molecule has 0 atom stereocenters. The number of ketones is 1. The molecule has 3 aromatic rings. The first-order valence-corrected chi connectivity index (χ1v) is 9.46. The molecule has 0 spiro atoms. The van der Waals surface area contributed by atoms with Crippen LogP contribution in [0.2, 0.25) is 0 Å². The average molecular weight is 407 g/mol. The Balaban J connectivity index is 1.70. The van der Waals surface area contributed by atoms with Gasteiger partial charge in [-0.05, 0) is 25.0 Å². The lowest BCUT2D eigenvalue weighted by Crippen LogP contribution is -2.16. The van der Waals surface area contributed by atoms with Crippen molar-refractivity contribution in [2.45, 2.75) is 19.8 Å². The van der Waals surface area contributed by atoms with E-state index >= 15 is 0 Å². The summed E-state index contributed by atoms with van der Waals surface area (Å²) in [4.78, 5) is 28.4. The fourth-order valence-corrected chi connectivity index (χ4v) is 3.02. The van der Waals surface area contributed by atoms with Crippen LogP contribution in [0.4, 0.5) is 17.2 Å². The number of aryl methyl sites for hydroxylation is 1. The highest BCUT2D eigenvalue weighted by Crippen LogP contribution is 2.37. The molecule has 1 aliphatic rings. The Morgan fingerprint density at radius 2 is 2.00 bits per heavy atom. The monoisotopic (exact) mass is 407 g/mol. The van der Waals surface area contributed by atoms with Crippen molar-refractivity contribution >= 4 is 28.9 Å². The highest BCUT2D eigenvalue weighted by molar-refractivity contribution is 6.00. The Kier molecular flexibility index (Phi) is 5.13. The smallest absolute Gasteiger partial charge is 0.228 e. The summed E-state index contributed by atoms with van der Waals surface area (Å²) < 4.78 is 7.21. The second kappa shape index (κ2) is 7.90. The first kappa shape index (κ1) is 19.5. The zero-order valence-corrected chi connectivity index (χ0v) is 16.8. The molecule has 1 fully saturated rings. The summed E-state index contributed by atoms with van der Waals surface area (Å²) in [5, 5.41) is 18.2. The number of carbonyl (C=O) groups excluding carboxylic acids is 2. The predicted molar refractivity (Wildman–Crippen MR) is 110 cm³/mol. The van der Waals surface area contributed by atoms with Gasteiger partial charge in [-0.3, -0.25) is 14.3 Å². The molecule has 2 heterocycles. The number of nitrogens with one attached hydrogen (secondary N) is 2. The van der Waals surface area contributed by atoms with Gasteiger partial charge in [-0.25, -0.2) is 4.98 Å². The van der Waals surface area contributed by atoms with Gasteiger partial charge in [0.05, 0.1) is 24.0 Å². The first-order chi connectivity index (χ1) is 14.5. The summed E-state index contributed by atoms with van der Waals surface area (Å²) in [7, 11) is 3.33. The highest BCUT2D eigenvalue weighted by Gasteiger charge is 2.30. The standard InChI is InChI=1S/C20H21N7O3/c1-11(28)17-15(9-16(24-25-17)23-20(29)12-7-8-12)22-14-6-4-5-13(18(14)30-3)19-21-10-27(2)26-19/h4-6,9-10,12H,7-8H2,1-3H3,(H2,22,23,24,29). The average Bonchev–Trinajstić information content (AvgIpc) is 3.49. The van der Waals surface area contributed by atoms with E-state index in [2.05, 4.69) is 30.9 Å². The number of Topliss-reactive ketones (excluding diaryl/α,β-unsaturated/α-hetero) is 1. The van der Waals surface area contributed by atoms with Gasteiger partial charge in [0.1, 0.15) is 6.33 Å². The van der Waals surface area contributed by atoms with Crippen molar-refractivity contribution in [1.82, 2.24) is 25.0 Å². The third-order valence-corrected chi connectivity index (χ3v) is 4.66. The lowest BCUT2D eigenvalue weighted by molar-refractivity contribution is -0.117. The molecule has 1 amide bonds. The third kappa shape index (κ3) is 3.97. The number of carbonyl (C=O) groups is 2. The van der Waals surface area contributed by atoms with Crippen LogP contribution in [-0.4, -0.2) is 43.8 Å². The van der Waals surface area contributed by atoms with E-state index in [1.54, 1.807) is 37.3 Å². The topological polar surface area (TPSA) is 124 Å². The van der Waals surface area contributed by atoms with Crippen molar-refractivity contribution in [2.24, 2.45) is 13.0 Å². The van der Waals surface area contributed by atoms with Crippen LogP contribution in [0.3, 0.4) is 0 Å². The van der Waals surface area contributed by atoms with E-state index in [0.717, 1.165) is 12.8 Å². The minimum absolute atomic E-state index is 0.0262. The van der Waals surface area contributed by atoms with Gasteiger partial charge in [0.2, 0.25) is 5.91 Å². The zero-order chi connectivity index (χ0) is 21.3. The van der Waals surface area contributed by atoms with E-state index < -0.39 is 0 Å². The van der Waals surface area contributed by atoms with Crippen molar-refractivity contribution in [3.05, 3.63) is 36.3 Å². The van der Waals surface area contributed by atoms with Crippen LogP contribution in [0.5, 0.6) is 5.75 Å². The number of amides is 1. The van der Waals surface area contributed by atoms with Crippen molar-refractivity contribution in [2.75, 3.05) is 17.7 Å². The Hall–Kier alpha value is -3.82. The van der Waals surface area contributed by atoms with E-state index in [-0.39, 0.29) is 29.1 Å². The third-order valence-electron chi connectivity index (χ3n) is 4.66. The van der Waals surface area contributed by atoms with Crippen LogP contribution in [0.15, 0.2) is 30.6 Å². The number of hydrogen-bond donors (Lipinski definition) is 2. The maximum absolute atomic E-state index is 12.1. The minimum Gasteiger partial charge on any atom is -0.494 e. The molecule has 1 aromatic carbocycles. The Labute approximate surface area is 172 Å². The minimum atomic E-state index is -0.258. The Morgan fingerprint density at radius 3 is 2.63 bits per heavy atom. The summed E-state index contributed by atoms with van der Waals surface area (Å²) in [6.07, 6.45) is 3.35. The molecule has 1 saturated carbocycles. The fourth-order valence-electron chi connectivity index (χ4n) is 3.02. The predicted octanol–water partition coefficient (Wildman–Crippen LogP) is 2.58. The van der Waals surface area contributed by atoms with Gasteiger partial charge in [0.15, 0.2) is 28.9 Å². The van der Waals surface area contributed by atoms with Crippen LogP contribution in [0.25, 0.3) is 11.4 Å². The number of aromatic nitrogens is 5. The molecule has 30 heavy (non-hydrogen) atoms. The lowest BCUT2D eigenvalue weighted by atomic mass is 10.1. The lowest BCUT2D eigenvalue weighted by Gasteiger charge is -2.15. The van der Waals surface area contributed by atoms with E-state index in [4.69, 9.17) is 4.74 Å². The van der Waals surface area contributed by atoms with Crippen LogP contribution in [-0.2, 0) is 11.8 Å². The SMILES string of the molecule is COc1c(Nc2cc(NC(=O)C3CC3)nnc2C(C)=O)cccc1-c1ncn(C)n1. The maximum Gasteiger partial charge on any atom is 0.228 e. The first-order valence-electron chi connectivity index (χ1n) is 9.46. The molecular weight excluding hydrogens is 386 g/mol. The molecule has 0 bridgehead atoms. The van der Waals surface area contributed by atoms with Gasteiger partial charge in [-0.15, -0.1) is 10.2 Å². The summed E-state index contributed by atoms with van der Waals surface area (Å²) in [5.41, 5.74) is 1.85. The van der Waals surface area contributed by atoms with E-state index in [1.165, 1.54) is 6.92 Å². The molecule has 4 rings (SSSR count). The van der Waals surface area contributed by atoms with Gasteiger partial charge < -0.3 is 15.4 Å². The number of rotatable bonds is 7. The molecule has 1 aliphatic carbocycles. The van der Waals surface area contributed by atoms with Crippen LogP contribution >= 0.6 is 0 Å². The van der Waals surface area contributed by atoms with Crippen LogP contribution in [0.1, 0.15) is 30.3 Å². The number of hydrogen-bond acceptors (Lipinski definition) is 8. The van der Waals surface area contributed by atoms with Crippen LogP contribution in [0, 0.1) is 5.92 Å². The molecule has 2 N–H and O–H groups in total. The number of ether oxygens (including phenoxy) is 1.